The van der Waals surface area contributed by atoms with Gasteiger partial charge in [0.05, 0.1) is 10.7 Å². The van der Waals surface area contributed by atoms with Gasteiger partial charge >= 0.3 is 0 Å². The van der Waals surface area contributed by atoms with Crippen molar-refractivity contribution >= 4 is 23.2 Å². The maximum absolute atomic E-state index is 12.7. The molecule has 0 radical (unpaired) electrons. The van der Waals surface area contributed by atoms with Crippen LogP contribution in [0.5, 0.6) is 0 Å². The third kappa shape index (κ3) is 4.56. The lowest BCUT2D eigenvalue weighted by Crippen LogP contribution is -2.39. The molecular formula is C21H25N3O2S. The van der Waals surface area contributed by atoms with Crippen molar-refractivity contribution in [3.8, 4) is 0 Å². The number of rotatable bonds is 6. The second-order valence-corrected chi connectivity index (χ2v) is 8.34. The molecule has 4 rings (SSSR count). The van der Waals surface area contributed by atoms with Gasteiger partial charge in [-0.3, -0.25) is 9.59 Å². The van der Waals surface area contributed by atoms with Crippen molar-refractivity contribution in [2.24, 2.45) is 5.92 Å². The minimum Gasteiger partial charge on any atom is -0.355 e. The highest BCUT2D eigenvalue weighted by Gasteiger charge is 2.29. The number of nitrogens with zero attached hydrogens (tertiary/aromatic N) is 2. The summed E-state index contributed by atoms with van der Waals surface area (Å²) in [5.41, 5.74) is 1.79. The van der Waals surface area contributed by atoms with Crippen LogP contribution in [0.15, 0.2) is 35.7 Å². The van der Waals surface area contributed by atoms with Crippen molar-refractivity contribution in [1.82, 2.24) is 15.2 Å². The van der Waals surface area contributed by atoms with E-state index in [0.717, 1.165) is 61.5 Å². The molecule has 0 bridgehead atoms. The van der Waals surface area contributed by atoms with E-state index in [0.29, 0.717) is 12.5 Å². The quantitative estimate of drug-likeness (QED) is 0.833. The van der Waals surface area contributed by atoms with Crippen LogP contribution in [0.4, 0.5) is 0 Å². The van der Waals surface area contributed by atoms with Gasteiger partial charge in [-0.05, 0) is 37.8 Å². The Labute approximate surface area is 163 Å². The van der Waals surface area contributed by atoms with Crippen LogP contribution in [-0.2, 0) is 11.2 Å². The molecule has 2 aliphatic rings. The molecule has 0 unspecified atom stereocenters. The van der Waals surface area contributed by atoms with E-state index in [1.165, 1.54) is 0 Å². The van der Waals surface area contributed by atoms with Crippen LogP contribution in [0.25, 0.3) is 0 Å². The molecule has 1 aromatic carbocycles. The van der Waals surface area contributed by atoms with Gasteiger partial charge in [-0.1, -0.05) is 18.2 Å². The molecule has 2 amide bonds. The summed E-state index contributed by atoms with van der Waals surface area (Å²) < 4.78 is 0. The number of amides is 2. The monoisotopic (exact) mass is 383 g/mol. The Kier molecular flexibility index (Phi) is 5.53. The zero-order valence-electron chi connectivity index (χ0n) is 15.4. The number of carbonyl (C=O) groups is 2. The van der Waals surface area contributed by atoms with Crippen LogP contribution in [0.3, 0.4) is 0 Å². The lowest BCUT2D eigenvalue weighted by Gasteiger charge is -2.32. The first-order chi connectivity index (χ1) is 13.2. The number of aromatic nitrogens is 1. The standard InChI is InChI=1S/C21H25N3O2S/c25-19(15-8-9-15)22-11-10-18-14-27-20(23-18)17-7-4-12-24(13-17)21(26)16-5-2-1-3-6-16/h1-3,5-6,14-15,17H,4,7-13H2,(H,22,25)/t17-/m0/s1. The van der Waals surface area contributed by atoms with E-state index in [4.69, 9.17) is 4.98 Å². The van der Waals surface area contributed by atoms with Gasteiger partial charge in [-0.2, -0.15) is 0 Å². The molecule has 1 N–H and O–H groups in total. The van der Waals surface area contributed by atoms with Crippen LogP contribution >= 0.6 is 11.3 Å². The Morgan fingerprint density at radius 3 is 2.78 bits per heavy atom. The van der Waals surface area contributed by atoms with Crippen LogP contribution in [-0.4, -0.2) is 41.3 Å². The number of thiazole rings is 1. The molecule has 1 aromatic heterocycles. The van der Waals surface area contributed by atoms with E-state index in [1.807, 2.05) is 35.2 Å². The van der Waals surface area contributed by atoms with Crippen molar-refractivity contribution in [2.75, 3.05) is 19.6 Å². The molecule has 142 valence electrons. The summed E-state index contributed by atoms with van der Waals surface area (Å²) >= 11 is 1.68. The summed E-state index contributed by atoms with van der Waals surface area (Å²) in [7, 11) is 0. The first kappa shape index (κ1) is 18.2. The lowest BCUT2D eigenvalue weighted by atomic mass is 9.98. The number of hydrogen-bond donors (Lipinski definition) is 1. The Hall–Kier alpha value is -2.21. The molecule has 0 spiro atoms. The summed E-state index contributed by atoms with van der Waals surface area (Å²) in [5.74, 6) is 0.866. The van der Waals surface area contributed by atoms with Gasteiger partial charge in [0.25, 0.3) is 5.91 Å². The minimum absolute atomic E-state index is 0.111. The maximum Gasteiger partial charge on any atom is 0.253 e. The van der Waals surface area contributed by atoms with Crippen LogP contribution < -0.4 is 5.32 Å². The van der Waals surface area contributed by atoms with Gasteiger partial charge in [-0.25, -0.2) is 4.98 Å². The number of benzene rings is 1. The van der Waals surface area contributed by atoms with Crippen molar-refractivity contribution in [1.29, 1.82) is 0 Å². The van der Waals surface area contributed by atoms with Gasteiger partial charge in [0.2, 0.25) is 5.91 Å². The number of piperidine rings is 1. The topological polar surface area (TPSA) is 62.3 Å². The highest BCUT2D eigenvalue weighted by Crippen LogP contribution is 2.30. The van der Waals surface area contributed by atoms with E-state index in [-0.39, 0.29) is 17.7 Å². The predicted molar refractivity (Wildman–Crippen MR) is 106 cm³/mol. The number of carbonyl (C=O) groups excluding carboxylic acids is 2. The van der Waals surface area contributed by atoms with E-state index < -0.39 is 0 Å². The third-order valence-corrected chi connectivity index (χ3v) is 6.33. The summed E-state index contributed by atoms with van der Waals surface area (Å²) in [6.45, 7) is 2.20. The van der Waals surface area contributed by atoms with Gasteiger partial charge in [-0.15, -0.1) is 11.3 Å². The second-order valence-electron chi connectivity index (χ2n) is 7.45. The summed E-state index contributed by atoms with van der Waals surface area (Å²) in [4.78, 5) is 31.2. The van der Waals surface area contributed by atoms with Crippen molar-refractivity contribution < 1.29 is 9.59 Å². The molecule has 1 aliphatic heterocycles. The molecule has 6 heteroatoms. The Morgan fingerprint density at radius 2 is 2.00 bits per heavy atom. The largest absolute Gasteiger partial charge is 0.355 e. The molecule has 27 heavy (non-hydrogen) atoms. The zero-order valence-corrected chi connectivity index (χ0v) is 16.2. The second kappa shape index (κ2) is 8.21. The van der Waals surface area contributed by atoms with E-state index in [2.05, 4.69) is 10.7 Å². The lowest BCUT2D eigenvalue weighted by molar-refractivity contribution is -0.122. The molecule has 1 saturated carbocycles. The number of nitrogens with one attached hydrogen (secondary N) is 1. The molecule has 2 aromatic rings. The first-order valence-electron chi connectivity index (χ1n) is 9.77. The van der Waals surface area contributed by atoms with Gasteiger partial charge in [0, 0.05) is 48.8 Å². The van der Waals surface area contributed by atoms with E-state index in [9.17, 15) is 9.59 Å². The van der Waals surface area contributed by atoms with Crippen LogP contribution in [0, 0.1) is 5.92 Å². The fourth-order valence-electron chi connectivity index (χ4n) is 3.56. The smallest absolute Gasteiger partial charge is 0.253 e. The minimum atomic E-state index is 0.111. The van der Waals surface area contributed by atoms with E-state index in [1.54, 1.807) is 11.3 Å². The van der Waals surface area contributed by atoms with Crippen molar-refractivity contribution in [3.05, 3.63) is 52.0 Å². The summed E-state index contributed by atoms with van der Waals surface area (Å²) in [6, 6.07) is 9.50. The number of likely N-dealkylation sites (tertiary alicyclic amines) is 1. The Balaban J connectivity index is 1.32. The molecule has 2 fully saturated rings. The van der Waals surface area contributed by atoms with Crippen LogP contribution in [0.2, 0.25) is 0 Å². The average molecular weight is 384 g/mol. The third-order valence-electron chi connectivity index (χ3n) is 5.28. The first-order valence-corrected chi connectivity index (χ1v) is 10.6. The molecule has 5 nitrogen and oxygen atoms in total. The SMILES string of the molecule is O=C(NCCc1csc([C@H]2CCCN(C(=O)c3ccccc3)C2)n1)C1CC1. The predicted octanol–water partition coefficient (Wildman–Crippen LogP) is 3.23. The zero-order chi connectivity index (χ0) is 18.6. The van der Waals surface area contributed by atoms with Gasteiger partial charge in [0.15, 0.2) is 0 Å². The Bertz CT molecular complexity index is 801. The average Bonchev–Trinajstić information content (AvgIpc) is 3.47. The molecule has 2 heterocycles. The summed E-state index contributed by atoms with van der Waals surface area (Å²) in [6.07, 6.45) is 4.92. The van der Waals surface area contributed by atoms with Crippen molar-refractivity contribution in [2.45, 2.75) is 38.0 Å². The molecule has 1 aliphatic carbocycles. The fourth-order valence-corrected chi connectivity index (χ4v) is 4.54. The molecule has 1 atom stereocenters. The molecule has 1 saturated heterocycles. The molecular weight excluding hydrogens is 358 g/mol. The van der Waals surface area contributed by atoms with Gasteiger partial charge in [0.1, 0.15) is 0 Å². The maximum atomic E-state index is 12.7. The van der Waals surface area contributed by atoms with Gasteiger partial charge < -0.3 is 10.2 Å². The Morgan fingerprint density at radius 1 is 1.19 bits per heavy atom. The number of hydrogen-bond acceptors (Lipinski definition) is 4. The van der Waals surface area contributed by atoms with Crippen LogP contribution in [0.1, 0.15) is 52.7 Å². The fraction of sp³-hybridized carbons (Fsp3) is 0.476. The normalized spacial score (nSPS) is 19.7. The highest BCUT2D eigenvalue weighted by atomic mass is 32.1. The van der Waals surface area contributed by atoms with E-state index >= 15 is 0 Å². The highest BCUT2D eigenvalue weighted by molar-refractivity contribution is 7.09. The van der Waals surface area contributed by atoms with Crippen molar-refractivity contribution in [3.63, 3.8) is 0 Å². The summed E-state index contributed by atoms with van der Waals surface area (Å²) in [5, 5.41) is 6.20.